The van der Waals surface area contributed by atoms with Crippen LogP contribution >= 0.6 is 11.8 Å². The van der Waals surface area contributed by atoms with Gasteiger partial charge >= 0.3 is 0 Å². The minimum absolute atomic E-state index is 0.235. The molecule has 0 atom stereocenters. The van der Waals surface area contributed by atoms with Crippen LogP contribution in [0.1, 0.15) is 15.9 Å². The predicted molar refractivity (Wildman–Crippen MR) is 106 cm³/mol. The maximum atomic E-state index is 12.5. The fourth-order valence-corrected chi connectivity index (χ4v) is 3.17. The summed E-state index contributed by atoms with van der Waals surface area (Å²) in [7, 11) is 1.59. The molecule has 7 heteroatoms. The van der Waals surface area contributed by atoms with Crippen molar-refractivity contribution in [3.05, 3.63) is 70.8 Å². The highest BCUT2D eigenvalue weighted by Crippen LogP contribution is 2.19. The van der Waals surface area contributed by atoms with Gasteiger partial charge in [-0.15, -0.1) is 11.8 Å². The molecule has 3 rings (SSSR count). The molecule has 1 aliphatic rings. The molecule has 0 aliphatic carbocycles. The second-order valence-electron chi connectivity index (χ2n) is 5.73. The summed E-state index contributed by atoms with van der Waals surface area (Å²) in [6.45, 7) is 0.854. The minimum Gasteiger partial charge on any atom is -0.496 e. The van der Waals surface area contributed by atoms with Crippen molar-refractivity contribution in [2.24, 2.45) is 0 Å². The monoisotopic (exact) mass is 384 g/mol. The third kappa shape index (κ3) is 5.04. The molecule has 0 saturated heterocycles. The Bertz CT molecular complexity index is 867. The number of para-hydroxylation sites is 1. The minimum atomic E-state index is -0.325. The van der Waals surface area contributed by atoms with Gasteiger partial charge in [-0.1, -0.05) is 24.3 Å². The van der Waals surface area contributed by atoms with Crippen LogP contribution in [0.2, 0.25) is 0 Å². The Morgan fingerprint density at radius 3 is 2.78 bits per heavy atom. The maximum absolute atomic E-state index is 12.5. The van der Waals surface area contributed by atoms with Gasteiger partial charge in [0.2, 0.25) is 0 Å². The summed E-state index contributed by atoms with van der Waals surface area (Å²) in [6.07, 6.45) is 0. The summed E-state index contributed by atoms with van der Waals surface area (Å²) in [4.78, 5) is 24.7. The number of carbonyl (C=O) groups excluding carboxylic acids is 2. The first-order valence-corrected chi connectivity index (χ1v) is 9.48. The number of ether oxygens (including phenoxy) is 2. The molecule has 2 amide bonds. The van der Waals surface area contributed by atoms with Crippen LogP contribution in [0.25, 0.3) is 0 Å². The second-order valence-corrected chi connectivity index (χ2v) is 6.71. The summed E-state index contributed by atoms with van der Waals surface area (Å²) < 4.78 is 10.6. The number of hydrogen-bond acceptors (Lipinski definition) is 5. The normalized spacial score (nSPS) is 13.1. The van der Waals surface area contributed by atoms with Gasteiger partial charge in [0.15, 0.2) is 5.76 Å². The third-order valence-corrected chi connectivity index (χ3v) is 4.67. The van der Waals surface area contributed by atoms with E-state index in [4.69, 9.17) is 9.47 Å². The van der Waals surface area contributed by atoms with Gasteiger partial charge in [-0.3, -0.25) is 9.59 Å². The topological polar surface area (TPSA) is 76.7 Å². The lowest BCUT2D eigenvalue weighted by atomic mass is 10.1. The van der Waals surface area contributed by atoms with E-state index in [9.17, 15) is 9.59 Å². The average Bonchev–Trinajstić information content (AvgIpc) is 2.73. The highest BCUT2D eigenvalue weighted by molar-refractivity contribution is 8.02. The molecule has 0 spiro atoms. The molecule has 0 bridgehead atoms. The lowest BCUT2D eigenvalue weighted by Crippen LogP contribution is -2.23. The van der Waals surface area contributed by atoms with E-state index in [0.717, 1.165) is 17.1 Å². The van der Waals surface area contributed by atoms with Crippen molar-refractivity contribution in [1.29, 1.82) is 0 Å². The highest BCUT2D eigenvalue weighted by Gasteiger charge is 2.15. The van der Waals surface area contributed by atoms with Gasteiger partial charge in [-0.05, 0) is 24.3 Å². The molecule has 0 radical (unpaired) electrons. The first kappa shape index (κ1) is 18.8. The third-order valence-electron chi connectivity index (χ3n) is 3.89. The molecular formula is C20H20N2O4S. The molecule has 140 valence electrons. The molecule has 2 aromatic rings. The van der Waals surface area contributed by atoms with Crippen molar-refractivity contribution in [2.45, 2.75) is 6.54 Å². The van der Waals surface area contributed by atoms with E-state index in [1.165, 1.54) is 11.8 Å². The summed E-state index contributed by atoms with van der Waals surface area (Å²) in [5, 5.41) is 7.31. The Morgan fingerprint density at radius 2 is 2.00 bits per heavy atom. The van der Waals surface area contributed by atoms with Crippen molar-refractivity contribution in [2.75, 3.05) is 24.8 Å². The highest BCUT2D eigenvalue weighted by atomic mass is 32.2. The zero-order valence-corrected chi connectivity index (χ0v) is 15.7. The standard InChI is InChI=1S/C20H20N2O4S/c1-25-17-8-3-2-5-15(17)12-21-19(23)14-6-4-7-16(11-14)22-20(24)18-13-27-10-9-26-18/h2-8,11,13H,9-10,12H2,1H3,(H,21,23)(H,22,24). The van der Waals surface area contributed by atoms with Gasteiger partial charge in [0.1, 0.15) is 5.75 Å². The van der Waals surface area contributed by atoms with Gasteiger partial charge in [-0.2, -0.15) is 0 Å². The van der Waals surface area contributed by atoms with Gasteiger partial charge in [0.05, 0.1) is 13.7 Å². The molecular weight excluding hydrogens is 364 g/mol. The fourth-order valence-electron chi connectivity index (χ4n) is 2.54. The molecule has 6 nitrogen and oxygen atoms in total. The summed E-state index contributed by atoms with van der Waals surface area (Å²) in [6, 6.07) is 14.3. The Kier molecular flexibility index (Phi) is 6.38. The fraction of sp³-hybridized carbons (Fsp3) is 0.200. The molecule has 0 unspecified atom stereocenters. The zero-order valence-electron chi connectivity index (χ0n) is 14.9. The van der Waals surface area contributed by atoms with Crippen LogP contribution in [0.5, 0.6) is 5.75 Å². The van der Waals surface area contributed by atoms with E-state index in [1.807, 2.05) is 24.3 Å². The number of anilines is 1. The molecule has 27 heavy (non-hydrogen) atoms. The SMILES string of the molecule is COc1ccccc1CNC(=O)c1cccc(NC(=O)C2=CSCCO2)c1. The van der Waals surface area contributed by atoms with E-state index >= 15 is 0 Å². The van der Waals surface area contributed by atoms with Gasteiger partial charge in [-0.25, -0.2) is 0 Å². The Labute approximate surface area is 161 Å². The molecule has 0 aromatic heterocycles. The molecule has 1 heterocycles. The van der Waals surface area contributed by atoms with Gasteiger partial charge in [0, 0.05) is 34.5 Å². The first-order chi connectivity index (χ1) is 13.2. The quantitative estimate of drug-likeness (QED) is 0.800. The van der Waals surface area contributed by atoms with Crippen LogP contribution in [0, 0.1) is 0 Å². The van der Waals surface area contributed by atoms with E-state index in [-0.39, 0.29) is 17.6 Å². The number of thioether (sulfide) groups is 1. The Hall–Kier alpha value is -2.93. The molecule has 2 N–H and O–H groups in total. The van der Waals surface area contributed by atoms with E-state index in [1.54, 1.807) is 36.8 Å². The number of rotatable bonds is 6. The average molecular weight is 384 g/mol. The van der Waals surface area contributed by atoms with Crippen LogP contribution < -0.4 is 15.4 Å². The van der Waals surface area contributed by atoms with Crippen molar-refractivity contribution in [1.82, 2.24) is 5.32 Å². The molecule has 0 saturated carbocycles. The summed E-state index contributed by atoms with van der Waals surface area (Å²) in [5.41, 5.74) is 1.87. The number of benzene rings is 2. The van der Waals surface area contributed by atoms with Gasteiger partial charge < -0.3 is 20.1 Å². The molecule has 2 aromatic carbocycles. The number of methoxy groups -OCH3 is 1. The lowest BCUT2D eigenvalue weighted by Gasteiger charge is -2.14. The smallest absolute Gasteiger partial charge is 0.291 e. The van der Waals surface area contributed by atoms with Crippen molar-refractivity contribution >= 4 is 29.3 Å². The lowest BCUT2D eigenvalue weighted by molar-refractivity contribution is -0.116. The summed E-state index contributed by atoms with van der Waals surface area (Å²) in [5.74, 6) is 1.28. The van der Waals surface area contributed by atoms with Crippen LogP contribution in [0.15, 0.2) is 59.7 Å². The van der Waals surface area contributed by atoms with Gasteiger partial charge in [0.25, 0.3) is 11.8 Å². The van der Waals surface area contributed by atoms with Crippen LogP contribution in [0.3, 0.4) is 0 Å². The van der Waals surface area contributed by atoms with Crippen molar-refractivity contribution in [3.63, 3.8) is 0 Å². The Morgan fingerprint density at radius 1 is 1.15 bits per heavy atom. The van der Waals surface area contributed by atoms with E-state index in [2.05, 4.69) is 10.6 Å². The number of amides is 2. The number of hydrogen-bond donors (Lipinski definition) is 2. The number of carbonyl (C=O) groups is 2. The van der Waals surface area contributed by atoms with E-state index in [0.29, 0.717) is 24.4 Å². The van der Waals surface area contributed by atoms with Crippen LogP contribution in [-0.4, -0.2) is 31.3 Å². The predicted octanol–water partition coefficient (Wildman–Crippen LogP) is 3.17. The molecule has 1 aliphatic heterocycles. The summed E-state index contributed by atoms with van der Waals surface area (Å²) >= 11 is 1.54. The molecule has 0 fully saturated rings. The first-order valence-electron chi connectivity index (χ1n) is 8.43. The second kappa shape index (κ2) is 9.14. The Balaban J connectivity index is 1.63. The zero-order chi connectivity index (χ0) is 19.1. The van der Waals surface area contributed by atoms with Crippen LogP contribution in [0.4, 0.5) is 5.69 Å². The largest absolute Gasteiger partial charge is 0.496 e. The number of nitrogens with one attached hydrogen (secondary N) is 2. The van der Waals surface area contributed by atoms with Crippen LogP contribution in [-0.2, 0) is 16.1 Å². The van der Waals surface area contributed by atoms with Crippen molar-refractivity contribution in [3.8, 4) is 5.75 Å². The maximum Gasteiger partial charge on any atom is 0.291 e. The van der Waals surface area contributed by atoms with Crippen molar-refractivity contribution < 1.29 is 19.1 Å². The van der Waals surface area contributed by atoms with E-state index < -0.39 is 0 Å².